The lowest BCUT2D eigenvalue weighted by molar-refractivity contribution is 0.124. The topological polar surface area (TPSA) is 15.3 Å². The van der Waals surface area contributed by atoms with Crippen molar-refractivity contribution in [3.63, 3.8) is 0 Å². The Morgan fingerprint density at radius 3 is 2.53 bits per heavy atom. The van der Waals surface area contributed by atoms with Gasteiger partial charge >= 0.3 is 0 Å². The predicted molar refractivity (Wildman–Crippen MR) is 72.2 cm³/mol. The van der Waals surface area contributed by atoms with Gasteiger partial charge in [0.1, 0.15) is 0 Å². The van der Waals surface area contributed by atoms with Crippen LogP contribution < -0.4 is 5.32 Å². The third-order valence-corrected chi connectivity index (χ3v) is 5.46. The minimum absolute atomic E-state index is 0.800. The second-order valence-electron chi connectivity index (χ2n) is 6.56. The van der Waals surface area contributed by atoms with Crippen LogP contribution in [-0.4, -0.2) is 36.1 Å². The van der Waals surface area contributed by atoms with Crippen LogP contribution in [0.5, 0.6) is 0 Å². The number of hydrogen-bond acceptors (Lipinski definition) is 2. The van der Waals surface area contributed by atoms with E-state index < -0.39 is 0 Å². The van der Waals surface area contributed by atoms with Crippen LogP contribution in [0.4, 0.5) is 0 Å². The summed E-state index contributed by atoms with van der Waals surface area (Å²) in [6, 6.07) is 2.47. The summed E-state index contributed by atoms with van der Waals surface area (Å²) in [5, 5.41) is 3.80. The summed E-state index contributed by atoms with van der Waals surface area (Å²) in [5.41, 5.74) is 0. The first-order valence-electron chi connectivity index (χ1n) is 7.83. The molecule has 2 nitrogen and oxygen atoms in total. The van der Waals surface area contributed by atoms with Gasteiger partial charge < -0.3 is 5.32 Å². The highest BCUT2D eigenvalue weighted by Gasteiger charge is 2.33. The van der Waals surface area contributed by atoms with Crippen molar-refractivity contribution in [3.8, 4) is 0 Å². The molecule has 1 N–H and O–H groups in total. The number of fused-ring (bicyclic) bond motifs is 2. The number of rotatable bonds is 2. The zero-order chi connectivity index (χ0) is 11.7. The highest BCUT2D eigenvalue weighted by Crippen LogP contribution is 2.31. The summed E-state index contributed by atoms with van der Waals surface area (Å²) in [7, 11) is 0. The number of nitrogens with zero attached hydrogens (tertiary/aromatic N) is 1. The van der Waals surface area contributed by atoms with E-state index in [-0.39, 0.29) is 0 Å². The highest BCUT2D eigenvalue weighted by atomic mass is 15.2. The van der Waals surface area contributed by atoms with E-state index in [0.717, 1.165) is 24.0 Å². The lowest BCUT2D eigenvalue weighted by Gasteiger charge is -2.37. The van der Waals surface area contributed by atoms with Crippen molar-refractivity contribution in [2.45, 2.75) is 76.4 Å². The molecule has 2 heterocycles. The molecule has 3 unspecified atom stereocenters. The van der Waals surface area contributed by atoms with Gasteiger partial charge in [0.25, 0.3) is 0 Å². The van der Waals surface area contributed by atoms with Crippen LogP contribution in [0.1, 0.15) is 58.3 Å². The SMILES string of the molecule is CC(C1CCCCC1)N1CCC2CCC(C1)N2. The lowest BCUT2D eigenvalue weighted by Crippen LogP contribution is -2.44. The van der Waals surface area contributed by atoms with Crippen molar-refractivity contribution >= 4 is 0 Å². The summed E-state index contributed by atoms with van der Waals surface area (Å²) >= 11 is 0. The van der Waals surface area contributed by atoms with Gasteiger partial charge in [0, 0.05) is 24.7 Å². The standard InChI is InChI=1S/C15H28N2/c1-12(13-5-3-2-4-6-13)17-10-9-14-7-8-15(11-17)16-14/h12-16H,2-11H2,1H3. The largest absolute Gasteiger partial charge is 0.310 e. The number of likely N-dealkylation sites (tertiary alicyclic amines) is 1. The Morgan fingerprint density at radius 1 is 0.941 bits per heavy atom. The Hall–Kier alpha value is -0.0800. The second kappa shape index (κ2) is 5.27. The molecule has 3 atom stereocenters. The van der Waals surface area contributed by atoms with E-state index >= 15 is 0 Å². The molecular formula is C15H28N2. The van der Waals surface area contributed by atoms with E-state index in [2.05, 4.69) is 17.1 Å². The number of hydrogen-bond donors (Lipinski definition) is 1. The molecule has 2 aliphatic heterocycles. The van der Waals surface area contributed by atoms with Gasteiger partial charge in [-0.05, 0) is 51.5 Å². The maximum absolute atomic E-state index is 3.80. The molecule has 3 fully saturated rings. The second-order valence-corrected chi connectivity index (χ2v) is 6.56. The highest BCUT2D eigenvalue weighted by molar-refractivity contribution is 4.92. The van der Waals surface area contributed by atoms with Gasteiger partial charge in [-0.2, -0.15) is 0 Å². The summed E-state index contributed by atoms with van der Waals surface area (Å²) in [5.74, 6) is 0.986. The lowest BCUT2D eigenvalue weighted by atomic mass is 9.83. The molecule has 0 radical (unpaired) electrons. The predicted octanol–water partition coefficient (Wildman–Crippen LogP) is 2.78. The zero-order valence-corrected chi connectivity index (χ0v) is 11.3. The molecule has 2 bridgehead atoms. The molecule has 17 heavy (non-hydrogen) atoms. The van der Waals surface area contributed by atoms with E-state index in [9.17, 15) is 0 Å². The van der Waals surface area contributed by atoms with Crippen LogP contribution in [-0.2, 0) is 0 Å². The zero-order valence-electron chi connectivity index (χ0n) is 11.3. The molecule has 1 saturated carbocycles. The molecule has 3 aliphatic rings. The Labute approximate surface area is 106 Å². The molecule has 1 aliphatic carbocycles. The fourth-order valence-electron chi connectivity index (χ4n) is 4.25. The minimum Gasteiger partial charge on any atom is -0.310 e. The van der Waals surface area contributed by atoms with Crippen molar-refractivity contribution in [2.24, 2.45) is 5.92 Å². The average molecular weight is 236 g/mol. The smallest absolute Gasteiger partial charge is 0.0198 e. The fourth-order valence-corrected chi connectivity index (χ4v) is 4.25. The monoisotopic (exact) mass is 236 g/mol. The van der Waals surface area contributed by atoms with E-state index in [1.165, 1.54) is 64.5 Å². The maximum atomic E-state index is 3.80. The van der Waals surface area contributed by atoms with Crippen LogP contribution in [0.2, 0.25) is 0 Å². The molecule has 98 valence electrons. The molecule has 0 spiro atoms. The van der Waals surface area contributed by atoms with Crippen LogP contribution >= 0.6 is 0 Å². The molecule has 2 heteroatoms. The third-order valence-electron chi connectivity index (χ3n) is 5.46. The normalized spacial score (nSPS) is 37.9. The summed E-state index contributed by atoms with van der Waals surface area (Å²) in [6.45, 7) is 5.15. The Kier molecular flexibility index (Phi) is 3.72. The van der Waals surface area contributed by atoms with Gasteiger partial charge in [0.2, 0.25) is 0 Å². The quantitative estimate of drug-likeness (QED) is 0.793. The van der Waals surface area contributed by atoms with Gasteiger partial charge in [-0.15, -0.1) is 0 Å². The Bertz CT molecular complexity index is 247. The molecule has 0 amide bonds. The van der Waals surface area contributed by atoms with Gasteiger partial charge in [-0.25, -0.2) is 0 Å². The van der Waals surface area contributed by atoms with Crippen LogP contribution in [0.25, 0.3) is 0 Å². The van der Waals surface area contributed by atoms with Gasteiger partial charge in [-0.3, -0.25) is 4.90 Å². The summed E-state index contributed by atoms with van der Waals surface area (Å²) in [6.07, 6.45) is 11.6. The van der Waals surface area contributed by atoms with Crippen molar-refractivity contribution in [3.05, 3.63) is 0 Å². The first-order chi connectivity index (χ1) is 8.33. The summed E-state index contributed by atoms with van der Waals surface area (Å²) < 4.78 is 0. The number of nitrogens with one attached hydrogen (secondary N) is 1. The minimum atomic E-state index is 0.800. The summed E-state index contributed by atoms with van der Waals surface area (Å²) in [4.78, 5) is 2.80. The molecule has 0 aromatic rings. The van der Waals surface area contributed by atoms with E-state index in [4.69, 9.17) is 0 Å². The van der Waals surface area contributed by atoms with E-state index in [1.807, 2.05) is 0 Å². The first kappa shape index (κ1) is 12.0. The average Bonchev–Trinajstić information content (AvgIpc) is 2.69. The van der Waals surface area contributed by atoms with Gasteiger partial charge in [-0.1, -0.05) is 19.3 Å². The van der Waals surface area contributed by atoms with Gasteiger partial charge in [0.15, 0.2) is 0 Å². The van der Waals surface area contributed by atoms with Crippen molar-refractivity contribution in [1.29, 1.82) is 0 Å². The van der Waals surface area contributed by atoms with E-state index in [1.54, 1.807) is 0 Å². The van der Waals surface area contributed by atoms with Crippen molar-refractivity contribution in [2.75, 3.05) is 13.1 Å². The molecule has 0 aromatic carbocycles. The van der Waals surface area contributed by atoms with Gasteiger partial charge in [0.05, 0.1) is 0 Å². The maximum Gasteiger partial charge on any atom is 0.0198 e. The Morgan fingerprint density at radius 2 is 1.71 bits per heavy atom. The fraction of sp³-hybridized carbons (Fsp3) is 1.00. The molecule has 2 saturated heterocycles. The third kappa shape index (κ3) is 2.68. The van der Waals surface area contributed by atoms with Crippen molar-refractivity contribution in [1.82, 2.24) is 10.2 Å². The molecule has 0 aromatic heterocycles. The van der Waals surface area contributed by atoms with E-state index in [0.29, 0.717) is 0 Å². The Balaban J connectivity index is 1.59. The van der Waals surface area contributed by atoms with Crippen LogP contribution in [0.3, 0.4) is 0 Å². The molecular weight excluding hydrogens is 208 g/mol. The van der Waals surface area contributed by atoms with Crippen molar-refractivity contribution < 1.29 is 0 Å². The molecule has 3 rings (SSSR count). The first-order valence-corrected chi connectivity index (χ1v) is 7.83. The van der Waals surface area contributed by atoms with Crippen LogP contribution in [0.15, 0.2) is 0 Å². The van der Waals surface area contributed by atoms with Crippen LogP contribution in [0, 0.1) is 5.92 Å².